The third-order valence-electron chi connectivity index (χ3n) is 3.20. The van der Waals surface area contributed by atoms with E-state index in [0.29, 0.717) is 16.3 Å². The Hall–Kier alpha value is -2.77. The minimum absolute atomic E-state index is 0.0261. The number of benzene rings is 2. The Morgan fingerprint density at radius 1 is 1.24 bits per heavy atom. The summed E-state index contributed by atoms with van der Waals surface area (Å²) in [5.41, 5.74) is 1.75. The van der Waals surface area contributed by atoms with Gasteiger partial charge in [-0.05, 0) is 49.0 Å². The molecular weight excluding hydrogens is 362 g/mol. The molecule has 0 heterocycles. The highest BCUT2D eigenvalue weighted by molar-refractivity contribution is 7.80. The fraction of sp³-hybridized carbons (Fsp3) is 0.0588. The van der Waals surface area contributed by atoms with Crippen LogP contribution in [0.5, 0.6) is 0 Å². The number of nitro benzene ring substituents is 1. The fourth-order valence-corrected chi connectivity index (χ4v) is 2.29. The predicted molar refractivity (Wildman–Crippen MR) is 103 cm³/mol. The van der Waals surface area contributed by atoms with Crippen LogP contribution in [0, 0.1) is 17.0 Å². The number of anilines is 1. The lowest BCUT2D eigenvalue weighted by Gasteiger charge is -2.08. The Kier molecular flexibility index (Phi) is 6.21. The van der Waals surface area contributed by atoms with E-state index in [-0.39, 0.29) is 10.8 Å². The van der Waals surface area contributed by atoms with Crippen LogP contribution in [0.25, 0.3) is 6.08 Å². The monoisotopic (exact) mass is 375 g/mol. The van der Waals surface area contributed by atoms with Gasteiger partial charge in [-0.2, -0.15) is 0 Å². The molecule has 0 fully saturated rings. The van der Waals surface area contributed by atoms with Crippen molar-refractivity contribution in [3.05, 3.63) is 74.8 Å². The number of amides is 1. The molecule has 8 heteroatoms. The molecule has 2 N–H and O–H groups in total. The number of nitrogens with zero attached hydrogens (tertiary/aromatic N) is 1. The van der Waals surface area contributed by atoms with Gasteiger partial charge in [0.2, 0.25) is 5.91 Å². The summed E-state index contributed by atoms with van der Waals surface area (Å²) in [5.74, 6) is -0.422. The van der Waals surface area contributed by atoms with E-state index in [0.717, 1.165) is 5.56 Å². The smallest absolute Gasteiger partial charge is 0.274 e. The molecule has 2 aromatic rings. The van der Waals surface area contributed by atoms with Crippen LogP contribution in [-0.2, 0) is 4.79 Å². The molecule has 0 aliphatic rings. The first-order chi connectivity index (χ1) is 11.8. The van der Waals surface area contributed by atoms with E-state index in [1.165, 1.54) is 12.1 Å². The number of halogens is 1. The van der Waals surface area contributed by atoms with Crippen LogP contribution in [0.2, 0.25) is 5.02 Å². The average molecular weight is 376 g/mol. The van der Waals surface area contributed by atoms with Crippen molar-refractivity contribution in [1.82, 2.24) is 5.32 Å². The number of nitrogens with one attached hydrogen (secondary N) is 2. The summed E-state index contributed by atoms with van der Waals surface area (Å²) in [6.07, 6.45) is 2.94. The van der Waals surface area contributed by atoms with Crippen molar-refractivity contribution < 1.29 is 9.72 Å². The van der Waals surface area contributed by atoms with E-state index in [4.69, 9.17) is 23.8 Å². The highest BCUT2D eigenvalue weighted by atomic mass is 35.5. The van der Waals surface area contributed by atoms with Gasteiger partial charge in [-0.25, -0.2) is 0 Å². The second kappa shape index (κ2) is 8.36. The van der Waals surface area contributed by atoms with Gasteiger partial charge in [0.25, 0.3) is 5.69 Å². The number of aryl methyl sites for hydroxylation is 1. The first-order valence-electron chi connectivity index (χ1n) is 7.16. The van der Waals surface area contributed by atoms with Crippen molar-refractivity contribution in [2.45, 2.75) is 6.92 Å². The first kappa shape index (κ1) is 18.6. The van der Waals surface area contributed by atoms with E-state index in [2.05, 4.69) is 10.6 Å². The number of nitro groups is 1. The second-order valence-electron chi connectivity index (χ2n) is 5.09. The van der Waals surface area contributed by atoms with Crippen molar-refractivity contribution in [3.8, 4) is 0 Å². The van der Waals surface area contributed by atoms with Crippen molar-refractivity contribution in [1.29, 1.82) is 0 Å². The zero-order valence-electron chi connectivity index (χ0n) is 13.2. The summed E-state index contributed by atoms with van der Waals surface area (Å²) in [7, 11) is 0. The summed E-state index contributed by atoms with van der Waals surface area (Å²) >= 11 is 10.8. The Morgan fingerprint density at radius 2 is 1.92 bits per heavy atom. The predicted octanol–water partition coefficient (Wildman–Crippen LogP) is 4.08. The molecule has 0 spiro atoms. The molecule has 0 aromatic heterocycles. The first-order valence-corrected chi connectivity index (χ1v) is 7.94. The molecule has 0 radical (unpaired) electrons. The molecule has 0 aliphatic heterocycles. The van der Waals surface area contributed by atoms with Crippen LogP contribution in [0.4, 0.5) is 11.4 Å². The molecule has 0 aliphatic carbocycles. The van der Waals surface area contributed by atoms with Gasteiger partial charge < -0.3 is 5.32 Å². The average Bonchev–Trinajstić information content (AvgIpc) is 2.55. The Labute approximate surface area is 154 Å². The topological polar surface area (TPSA) is 84.3 Å². The highest BCUT2D eigenvalue weighted by Gasteiger charge is 2.11. The van der Waals surface area contributed by atoms with Gasteiger partial charge in [0.15, 0.2) is 5.11 Å². The van der Waals surface area contributed by atoms with Gasteiger partial charge in [-0.1, -0.05) is 29.8 Å². The van der Waals surface area contributed by atoms with Crippen LogP contribution in [0.15, 0.2) is 48.5 Å². The van der Waals surface area contributed by atoms with E-state index < -0.39 is 10.8 Å². The zero-order valence-corrected chi connectivity index (χ0v) is 14.7. The highest BCUT2D eigenvalue weighted by Crippen LogP contribution is 2.22. The minimum atomic E-state index is -0.475. The third kappa shape index (κ3) is 5.66. The molecule has 1 amide bonds. The van der Waals surface area contributed by atoms with Crippen LogP contribution in [0.1, 0.15) is 11.1 Å². The molecule has 2 rings (SSSR count). The number of rotatable bonds is 4. The maximum atomic E-state index is 11.9. The van der Waals surface area contributed by atoms with Crippen LogP contribution < -0.4 is 10.6 Å². The van der Waals surface area contributed by atoms with Gasteiger partial charge in [0, 0.05) is 28.4 Å². The van der Waals surface area contributed by atoms with Crippen LogP contribution in [0.3, 0.4) is 0 Å². The van der Waals surface area contributed by atoms with Gasteiger partial charge >= 0.3 is 0 Å². The third-order valence-corrected chi connectivity index (χ3v) is 3.65. The Morgan fingerprint density at radius 3 is 2.56 bits per heavy atom. The summed E-state index contributed by atoms with van der Waals surface area (Å²) in [6, 6.07) is 11.6. The largest absolute Gasteiger partial charge is 0.332 e. The number of hydrogen-bond acceptors (Lipinski definition) is 4. The molecule has 0 bridgehead atoms. The Balaban J connectivity index is 1.95. The molecular formula is C17H14ClN3O3S. The van der Waals surface area contributed by atoms with E-state index in [1.807, 2.05) is 0 Å². The normalized spacial score (nSPS) is 10.5. The summed E-state index contributed by atoms with van der Waals surface area (Å²) < 4.78 is 0. The van der Waals surface area contributed by atoms with E-state index >= 15 is 0 Å². The maximum Gasteiger partial charge on any atom is 0.274 e. The zero-order chi connectivity index (χ0) is 18.4. The molecule has 0 saturated heterocycles. The second-order valence-corrected chi connectivity index (χ2v) is 5.93. The maximum absolute atomic E-state index is 11.9. The molecule has 128 valence electrons. The molecule has 0 unspecified atom stereocenters. The number of thiocarbonyl (C=S) groups is 1. The van der Waals surface area contributed by atoms with Crippen molar-refractivity contribution in [2.24, 2.45) is 0 Å². The fourth-order valence-electron chi connectivity index (χ4n) is 1.95. The van der Waals surface area contributed by atoms with Gasteiger partial charge in [-0.3, -0.25) is 20.2 Å². The summed E-state index contributed by atoms with van der Waals surface area (Å²) in [5, 5.41) is 16.8. The Bertz CT molecular complexity index is 851. The van der Waals surface area contributed by atoms with E-state index in [9.17, 15) is 14.9 Å². The van der Waals surface area contributed by atoms with E-state index in [1.54, 1.807) is 49.4 Å². The van der Waals surface area contributed by atoms with Crippen molar-refractivity contribution in [3.63, 3.8) is 0 Å². The minimum Gasteiger partial charge on any atom is -0.332 e. The van der Waals surface area contributed by atoms with Gasteiger partial charge in [0.05, 0.1) is 4.92 Å². The lowest BCUT2D eigenvalue weighted by Crippen LogP contribution is -2.32. The lowest BCUT2D eigenvalue weighted by atomic mass is 10.2. The molecule has 2 aromatic carbocycles. The quantitative estimate of drug-likeness (QED) is 0.364. The SMILES string of the molecule is Cc1ccc(NC(=S)NC(=O)/C=C/c2ccc(Cl)cc2)cc1[N+](=O)[O-]. The van der Waals surface area contributed by atoms with Crippen molar-refractivity contribution in [2.75, 3.05) is 5.32 Å². The number of carbonyl (C=O) groups is 1. The molecule has 25 heavy (non-hydrogen) atoms. The molecule has 0 saturated carbocycles. The summed E-state index contributed by atoms with van der Waals surface area (Å²) in [6.45, 7) is 1.64. The number of carbonyl (C=O) groups excluding carboxylic acids is 1. The van der Waals surface area contributed by atoms with Crippen LogP contribution >= 0.6 is 23.8 Å². The van der Waals surface area contributed by atoms with Gasteiger partial charge in [0.1, 0.15) is 0 Å². The summed E-state index contributed by atoms with van der Waals surface area (Å²) in [4.78, 5) is 22.3. The van der Waals surface area contributed by atoms with Gasteiger partial charge in [-0.15, -0.1) is 0 Å². The lowest BCUT2D eigenvalue weighted by molar-refractivity contribution is -0.385. The van der Waals surface area contributed by atoms with Crippen molar-refractivity contribution >= 4 is 52.3 Å². The van der Waals surface area contributed by atoms with Crippen LogP contribution in [-0.4, -0.2) is 15.9 Å². The standard InChI is InChI=1S/C17H14ClN3O3S/c1-11-2-8-14(10-15(11)21(23)24)19-17(25)20-16(22)9-5-12-3-6-13(18)7-4-12/h2-10H,1H3,(H2,19,20,22,25)/b9-5+. The molecule has 0 atom stereocenters. The molecule has 6 nitrogen and oxygen atoms in total. The number of hydrogen-bond donors (Lipinski definition) is 2.